The Kier molecular flexibility index (Phi) is 5.35. The lowest BCUT2D eigenvalue weighted by atomic mass is 10.0. The van der Waals surface area contributed by atoms with Crippen molar-refractivity contribution in [2.24, 2.45) is 0 Å². The maximum atomic E-state index is 13.9. The minimum absolute atomic E-state index is 0.321. The highest BCUT2D eigenvalue weighted by molar-refractivity contribution is 9.10. The predicted molar refractivity (Wildman–Crippen MR) is 87.9 cm³/mol. The summed E-state index contributed by atoms with van der Waals surface area (Å²) < 4.78 is 19.8. The largest absolute Gasteiger partial charge is 0.495 e. The summed E-state index contributed by atoms with van der Waals surface area (Å²) in [5.74, 6) is 0.160. The molecule has 106 valence electrons. The molecule has 0 spiro atoms. The van der Waals surface area contributed by atoms with Gasteiger partial charge in [0.15, 0.2) is 0 Å². The van der Waals surface area contributed by atoms with Gasteiger partial charge in [-0.15, -0.1) is 0 Å². The van der Waals surface area contributed by atoms with Gasteiger partial charge in [-0.05, 0) is 29.8 Å². The number of methoxy groups -OCH3 is 1. The molecule has 0 bridgehead atoms. The van der Waals surface area contributed by atoms with Gasteiger partial charge in [-0.25, -0.2) is 4.39 Å². The molecule has 0 radical (unpaired) electrons. The predicted octanol–water partition coefficient (Wildman–Crippen LogP) is 6.39. The van der Waals surface area contributed by atoms with Crippen LogP contribution in [0, 0.1) is 5.82 Å². The second kappa shape index (κ2) is 6.65. The van der Waals surface area contributed by atoms with Crippen molar-refractivity contribution in [3.8, 4) is 5.75 Å². The molecule has 0 aromatic heterocycles. The first kappa shape index (κ1) is 16.1. The fourth-order valence-electron chi connectivity index (χ4n) is 1.77. The van der Waals surface area contributed by atoms with E-state index in [0.29, 0.717) is 26.9 Å². The first-order valence-electron chi connectivity index (χ1n) is 5.56. The van der Waals surface area contributed by atoms with E-state index < -0.39 is 4.83 Å². The lowest BCUT2D eigenvalue weighted by Crippen LogP contribution is -1.98. The van der Waals surface area contributed by atoms with E-state index >= 15 is 0 Å². The van der Waals surface area contributed by atoms with Gasteiger partial charge < -0.3 is 4.74 Å². The van der Waals surface area contributed by atoms with Crippen molar-refractivity contribution in [2.75, 3.05) is 7.11 Å². The molecule has 2 aromatic carbocycles. The molecule has 0 saturated heterocycles. The number of hydrogen-bond acceptors (Lipinski definition) is 1. The average molecular weight is 443 g/mol. The monoisotopic (exact) mass is 440 g/mol. The van der Waals surface area contributed by atoms with Crippen molar-refractivity contribution < 1.29 is 9.13 Å². The van der Waals surface area contributed by atoms with Crippen LogP contribution < -0.4 is 4.74 Å². The van der Waals surface area contributed by atoms with Crippen LogP contribution >= 0.6 is 55.1 Å². The molecule has 0 amide bonds. The molecule has 2 aromatic rings. The lowest BCUT2D eigenvalue weighted by molar-refractivity contribution is 0.415. The van der Waals surface area contributed by atoms with Gasteiger partial charge in [-0.2, -0.15) is 0 Å². The Bertz CT molecular complexity index is 649. The molecule has 0 heterocycles. The number of benzene rings is 2. The number of rotatable bonds is 3. The molecule has 1 unspecified atom stereocenters. The van der Waals surface area contributed by atoms with Crippen LogP contribution in [0.4, 0.5) is 4.39 Å². The Morgan fingerprint density at radius 2 is 1.80 bits per heavy atom. The zero-order valence-electron chi connectivity index (χ0n) is 10.3. The third kappa shape index (κ3) is 3.30. The summed E-state index contributed by atoms with van der Waals surface area (Å²) in [5.41, 5.74) is 1.15. The van der Waals surface area contributed by atoms with Crippen molar-refractivity contribution in [1.82, 2.24) is 0 Å². The molecular formula is C14H9Br2Cl2FO. The van der Waals surface area contributed by atoms with Gasteiger partial charge in [0.2, 0.25) is 0 Å². The maximum absolute atomic E-state index is 13.9. The van der Waals surface area contributed by atoms with Crippen molar-refractivity contribution in [1.29, 1.82) is 0 Å². The molecule has 20 heavy (non-hydrogen) atoms. The number of alkyl halides is 1. The summed E-state index contributed by atoms with van der Waals surface area (Å²) in [6, 6.07) is 8.02. The highest BCUT2D eigenvalue weighted by Crippen LogP contribution is 2.41. The Morgan fingerprint density at radius 1 is 1.10 bits per heavy atom. The summed E-state index contributed by atoms with van der Waals surface area (Å²) in [6.07, 6.45) is 0. The Balaban J connectivity index is 2.50. The van der Waals surface area contributed by atoms with Crippen LogP contribution in [0.5, 0.6) is 5.75 Å². The van der Waals surface area contributed by atoms with Crippen LogP contribution in [0.1, 0.15) is 16.0 Å². The van der Waals surface area contributed by atoms with Crippen molar-refractivity contribution in [3.63, 3.8) is 0 Å². The zero-order valence-corrected chi connectivity index (χ0v) is 14.9. The topological polar surface area (TPSA) is 9.23 Å². The van der Waals surface area contributed by atoms with Crippen LogP contribution in [-0.2, 0) is 0 Å². The van der Waals surface area contributed by atoms with Gasteiger partial charge in [0.25, 0.3) is 0 Å². The van der Waals surface area contributed by atoms with E-state index in [0.717, 1.165) is 4.47 Å². The Morgan fingerprint density at radius 3 is 2.45 bits per heavy atom. The molecule has 0 N–H and O–H groups in total. The lowest BCUT2D eigenvalue weighted by Gasteiger charge is -2.15. The summed E-state index contributed by atoms with van der Waals surface area (Å²) >= 11 is 19.1. The molecule has 0 fully saturated rings. The van der Waals surface area contributed by atoms with Gasteiger partial charge in [0.05, 0.1) is 17.0 Å². The average Bonchev–Trinajstić information content (AvgIpc) is 2.42. The summed E-state index contributed by atoms with van der Waals surface area (Å²) in [5, 5.41) is 0.874. The van der Waals surface area contributed by atoms with Crippen LogP contribution in [0.25, 0.3) is 0 Å². The molecule has 1 nitrogen and oxygen atoms in total. The molecule has 0 aliphatic rings. The van der Waals surface area contributed by atoms with E-state index in [4.69, 9.17) is 27.9 Å². The second-order valence-electron chi connectivity index (χ2n) is 4.04. The highest BCUT2D eigenvalue weighted by Gasteiger charge is 2.20. The van der Waals surface area contributed by atoms with E-state index in [1.807, 2.05) is 0 Å². The highest BCUT2D eigenvalue weighted by atomic mass is 79.9. The van der Waals surface area contributed by atoms with Gasteiger partial charge in [-0.1, -0.05) is 55.1 Å². The fourth-order valence-corrected chi connectivity index (χ4v) is 3.52. The summed E-state index contributed by atoms with van der Waals surface area (Å²) in [7, 11) is 1.51. The number of hydrogen-bond donors (Lipinski definition) is 0. The van der Waals surface area contributed by atoms with Gasteiger partial charge in [0.1, 0.15) is 11.6 Å². The van der Waals surface area contributed by atoms with Gasteiger partial charge in [-0.3, -0.25) is 0 Å². The standard InChI is InChI=1S/C14H9Br2Cl2FO/c1-20-13-6-10(17)8(5-11(13)18)14(16)9-4-7(15)2-3-12(9)19/h2-6,14H,1H3. The zero-order chi connectivity index (χ0) is 14.9. The van der Waals surface area contributed by atoms with Crippen molar-refractivity contribution in [3.05, 3.63) is 61.8 Å². The minimum atomic E-state index is -0.407. The number of halogens is 5. The van der Waals surface area contributed by atoms with E-state index in [9.17, 15) is 4.39 Å². The molecule has 1 atom stereocenters. The van der Waals surface area contributed by atoms with E-state index in [1.54, 1.807) is 24.3 Å². The third-order valence-electron chi connectivity index (χ3n) is 2.78. The quantitative estimate of drug-likeness (QED) is 0.500. The van der Waals surface area contributed by atoms with Gasteiger partial charge in [0, 0.05) is 21.1 Å². The van der Waals surface area contributed by atoms with Crippen molar-refractivity contribution in [2.45, 2.75) is 4.83 Å². The smallest absolute Gasteiger partial charge is 0.138 e. The second-order valence-corrected chi connectivity index (χ2v) is 6.68. The fraction of sp³-hybridized carbons (Fsp3) is 0.143. The molecule has 2 rings (SSSR count). The summed E-state index contributed by atoms with van der Waals surface area (Å²) in [4.78, 5) is -0.407. The van der Waals surface area contributed by atoms with Crippen LogP contribution in [0.3, 0.4) is 0 Å². The molecule has 0 aliphatic carbocycles. The Hall–Kier alpha value is -0.290. The van der Waals surface area contributed by atoms with Crippen LogP contribution in [0.15, 0.2) is 34.8 Å². The molecular weight excluding hydrogens is 434 g/mol. The van der Waals surface area contributed by atoms with Gasteiger partial charge >= 0.3 is 0 Å². The first-order valence-corrected chi connectivity index (χ1v) is 8.02. The first-order chi connectivity index (χ1) is 9.43. The van der Waals surface area contributed by atoms with E-state index in [-0.39, 0.29) is 5.82 Å². The molecule has 0 aliphatic heterocycles. The SMILES string of the molecule is COc1cc(Cl)c(C(Br)c2cc(Br)ccc2F)cc1Cl. The third-order valence-corrected chi connectivity index (χ3v) is 4.88. The van der Waals surface area contributed by atoms with Crippen LogP contribution in [-0.4, -0.2) is 7.11 Å². The minimum Gasteiger partial charge on any atom is -0.495 e. The van der Waals surface area contributed by atoms with E-state index in [1.165, 1.54) is 13.2 Å². The maximum Gasteiger partial charge on any atom is 0.138 e. The number of ether oxygens (including phenoxy) is 1. The normalized spacial score (nSPS) is 12.3. The Labute approximate surface area is 143 Å². The summed E-state index contributed by atoms with van der Waals surface area (Å²) in [6.45, 7) is 0. The molecule has 0 saturated carbocycles. The van der Waals surface area contributed by atoms with Crippen LogP contribution in [0.2, 0.25) is 10.0 Å². The molecule has 6 heteroatoms. The van der Waals surface area contributed by atoms with Crippen molar-refractivity contribution >= 4 is 55.1 Å². The van der Waals surface area contributed by atoms with E-state index in [2.05, 4.69) is 31.9 Å².